The van der Waals surface area contributed by atoms with E-state index >= 15 is 0 Å². The molecule has 1 heterocycles. The first kappa shape index (κ1) is 21.5. The zero-order valence-corrected chi connectivity index (χ0v) is 15.7. The molecule has 1 atom stereocenters. The molecule has 0 saturated carbocycles. The lowest BCUT2D eigenvalue weighted by atomic mass is 9.89. The molecule has 1 aromatic rings. The fraction of sp³-hybridized carbons (Fsp3) is 0.647. The van der Waals surface area contributed by atoms with Crippen LogP contribution in [0.5, 0.6) is 5.75 Å². The molecule has 2 N–H and O–H groups in total. The molecular weight excluding hydrogens is 319 g/mol. The van der Waals surface area contributed by atoms with E-state index in [1.54, 1.807) is 0 Å². The van der Waals surface area contributed by atoms with Gasteiger partial charge in [0.2, 0.25) is 0 Å². The molecule has 0 radical (unpaired) electrons. The van der Waals surface area contributed by atoms with E-state index in [9.17, 15) is 5.11 Å². The van der Waals surface area contributed by atoms with Gasteiger partial charge in [-0.15, -0.1) is 24.8 Å². The van der Waals surface area contributed by atoms with Crippen molar-refractivity contribution in [2.45, 2.75) is 40.2 Å². The van der Waals surface area contributed by atoms with Gasteiger partial charge in [-0.05, 0) is 55.0 Å². The van der Waals surface area contributed by atoms with Gasteiger partial charge in [0.05, 0.1) is 0 Å². The van der Waals surface area contributed by atoms with Crippen molar-refractivity contribution in [2.75, 3.05) is 26.2 Å². The number of nitrogens with zero attached hydrogens (tertiary/aromatic N) is 1. The van der Waals surface area contributed by atoms with Crippen LogP contribution in [0.3, 0.4) is 0 Å². The van der Waals surface area contributed by atoms with Crippen LogP contribution in [0.15, 0.2) is 12.1 Å². The van der Waals surface area contributed by atoms with Gasteiger partial charge in [-0.1, -0.05) is 13.8 Å². The van der Waals surface area contributed by atoms with E-state index in [-0.39, 0.29) is 24.8 Å². The maximum atomic E-state index is 9.77. The van der Waals surface area contributed by atoms with Crippen molar-refractivity contribution in [3.8, 4) is 5.75 Å². The van der Waals surface area contributed by atoms with Crippen LogP contribution in [0.25, 0.3) is 0 Å². The van der Waals surface area contributed by atoms with E-state index in [2.05, 4.69) is 37.9 Å². The highest BCUT2D eigenvalue weighted by Crippen LogP contribution is 2.34. The van der Waals surface area contributed by atoms with Crippen molar-refractivity contribution in [1.82, 2.24) is 10.2 Å². The third kappa shape index (κ3) is 5.31. The Labute approximate surface area is 147 Å². The van der Waals surface area contributed by atoms with E-state index in [4.69, 9.17) is 0 Å². The minimum Gasteiger partial charge on any atom is -0.508 e. The van der Waals surface area contributed by atoms with Crippen LogP contribution in [0.2, 0.25) is 0 Å². The molecule has 1 aromatic carbocycles. The molecule has 0 spiro atoms. The number of phenols is 1. The first-order valence-electron chi connectivity index (χ1n) is 7.74. The molecule has 0 unspecified atom stereocenters. The average molecular weight is 349 g/mol. The van der Waals surface area contributed by atoms with Gasteiger partial charge in [0, 0.05) is 32.2 Å². The normalized spacial score (nSPS) is 16.8. The van der Waals surface area contributed by atoms with Gasteiger partial charge in [-0.3, -0.25) is 4.90 Å². The summed E-state index contributed by atoms with van der Waals surface area (Å²) in [6.07, 6.45) is 1.17. The molecule has 0 bridgehead atoms. The molecule has 0 amide bonds. The van der Waals surface area contributed by atoms with Crippen LogP contribution in [0, 0.1) is 19.8 Å². The van der Waals surface area contributed by atoms with E-state index in [0.717, 1.165) is 26.2 Å². The van der Waals surface area contributed by atoms with Gasteiger partial charge >= 0.3 is 0 Å². The number of aryl methyl sites for hydroxylation is 2. The topological polar surface area (TPSA) is 35.5 Å². The van der Waals surface area contributed by atoms with Crippen LogP contribution in [0.1, 0.15) is 43.0 Å². The van der Waals surface area contributed by atoms with Crippen molar-refractivity contribution in [2.24, 2.45) is 5.92 Å². The van der Waals surface area contributed by atoms with E-state index in [0.29, 0.717) is 17.7 Å². The summed E-state index contributed by atoms with van der Waals surface area (Å²) in [5.41, 5.74) is 3.84. The quantitative estimate of drug-likeness (QED) is 0.867. The van der Waals surface area contributed by atoms with Crippen LogP contribution in [-0.2, 0) is 0 Å². The van der Waals surface area contributed by atoms with Crippen LogP contribution >= 0.6 is 24.8 Å². The zero-order valence-electron chi connectivity index (χ0n) is 14.1. The smallest absolute Gasteiger partial charge is 0.116 e. The number of phenolic OH excluding ortho intramolecular Hbond substituents is 1. The number of aromatic hydroxyl groups is 1. The summed E-state index contributed by atoms with van der Waals surface area (Å²) < 4.78 is 0. The number of hydrogen-bond donors (Lipinski definition) is 2. The van der Waals surface area contributed by atoms with Crippen molar-refractivity contribution < 1.29 is 5.11 Å². The Kier molecular flexibility index (Phi) is 9.40. The summed E-state index contributed by atoms with van der Waals surface area (Å²) in [7, 11) is 0. The fourth-order valence-electron chi connectivity index (χ4n) is 3.37. The second-order valence-corrected chi connectivity index (χ2v) is 6.42. The third-order valence-electron chi connectivity index (χ3n) is 4.20. The van der Waals surface area contributed by atoms with E-state index < -0.39 is 0 Å². The lowest BCUT2D eigenvalue weighted by Crippen LogP contribution is -2.45. The third-order valence-corrected chi connectivity index (χ3v) is 4.20. The van der Waals surface area contributed by atoms with Crippen LogP contribution in [0.4, 0.5) is 0 Å². The van der Waals surface area contributed by atoms with E-state index in [1.807, 2.05) is 12.1 Å². The minimum atomic E-state index is 0. The standard InChI is InChI=1S/C17H28N2O.2ClH/c1-12(2)9-16(19-7-5-18-6-8-19)17-13(3)10-15(20)11-14(17)4;;/h10-12,16,18,20H,5-9H2,1-4H3;2*1H/t16-;;/m1../s1. The van der Waals surface area contributed by atoms with Crippen molar-refractivity contribution in [3.63, 3.8) is 0 Å². The largest absolute Gasteiger partial charge is 0.508 e. The Bertz CT molecular complexity index is 437. The molecule has 1 aliphatic rings. The summed E-state index contributed by atoms with van der Waals surface area (Å²) >= 11 is 0. The number of benzene rings is 1. The van der Waals surface area contributed by atoms with Gasteiger partial charge in [-0.25, -0.2) is 0 Å². The molecule has 0 aromatic heterocycles. The molecule has 128 valence electrons. The number of rotatable bonds is 4. The molecule has 1 fully saturated rings. The summed E-state index contributed by atoms with van der Waals surface area (Å²) in [5, 5.41) is 13.2. The molecule has 1 saturated heterocycles. The van der Waals surface area contributed by atoms with E-state index in [1.165, 1.54) is 23.1 Å². The Morgan fingerprint density at radius 1 is 1.09 bits per heavy atom. The molecule has 22 heavy (non-hydrogen) atoms. The van der Waals surface area contributed by atoms with Gasteiger partial charge in [0.15, 0.2) is 0 Å². The number of hydrogen-bond acceptors (Lipinski definition) is 3. The van der Waals surface area contributed by atoms with Crippen LogP contribution < -0.4 is 5.32 Å². The lowest BCUT2D eigenvalue weighted by molar-refractivity contribution is 0.153. The molecule has 2 rings (SSSR count). The number of halogens is 2. The first-order valence-corrected chi connectivity index (χ1v) is 7.74. The van der Waals surface area contributed by atoms with Gasteiger partial charge in [0.25, 0.3) is 0 Å². The molecule has 0 aliphatic carbocycles. The SMILES string of the molecule is Cc1cc(O)cc(C)c1[C@@H](CC(C)C)N1CCNCC1.Cl.Cl. The van der Waals surface area contributed by atoms with Crippen molar-refractivity contribution >= 4 is 24.8 Å². The highest BCUT2D eigenvalue weighted by molar-refractivity contribution is 5.85. The monoisotopic (exact) mass is 348 g/mol. The predicted molar refractivity (Wildman–Crippen MR) is 98.7 cm³/mol. The zero-order chi connectivity index (χ0) is 14.7. The Morgan fingerprint density at radius 2 is 1.59 bits per heavy atom. The lowest BCUT2D eigenvalue weighted by Gasteiger charge is -2.37. The van der Waals surface area contributed by atoms with Crippen molar-refractivity contribution in [3.05, 3.63) is 28.8 Å². The summed E-state index contributed by atoms with van der Waals surface area (Å²) in [6, 6.07) is 4.27. The Balaban J connectivity index is 0.00000220. The fourth-order valence-corrected chi connectivity index (χ4v) is 3.37. The second kappa shape index (κ2) is 9.61. The number of nitrogens with one attached hydrogen (secondary N) is 1. The van der Waals surface area contributed by atoms with Gasteiger partial charge < -0.3 is 10.4 Å². The molecular formula is C17H30Cl2N2O. The maximum Gasteiger partial charge on any atom is 0.116 e. The maximum absolute atomic E-state index is 9.77. The van der Waals surface area contributed by atoms with Crippen LogP contribution in [-0.4, -0.2) is 36.2 Å². The van der Waals surface area contributed by atoms with Gasteiger partial charge in [0.1, 0.15) is 5.75 Å². The Hall–Kier alpha value is -0.480. The number of piperazine rings is 1. The highest BCUT2D eigenvalue weighted by atomic mass is 35.5. The first-order chi connectivity index (χ1) is 9.49. The molecule has 1 aliphatic heterocycles. The second-order valence-electron chi connectivity index (χ2n) is 6.42. The minimum absolute atomic E-state index is 0. The Morgan fingerprint density at radius 3 is 2.05 bits per heavy atom. The predicted octanol–water partition coefficient (Wildman–Crippen LogP) is 3.85. The molecule has 5 heteroatoms. The highest BCUT2D eigenvalue weighted by Gasteiger charge is 2.25. The molecule has 3 nitrogen and oxygen atoms in total. The summed E-state index contributed by atoms with van der Waals surface area (Å²) in [4.78, 5) is 2.60. The van der Waals surface area contributed by atoms with Crippen molar-refractivity contribution in [1.29, 1.82) is 0 Å². The summed E-state index contributed by atoms with van der Waals surface area (Å²) in [5.74, 6) is 1.05. The van der Waals surface area contributed by atoms with Gasteiger partial charge in [-0.2, -0.15) is 0 Å². The summed E-state index contributed by atoms with van der Waals surface area (Å²) in [6.45, 7) is 13.2. The average Bonchev–Trinajstić information content (AvgIpc) is 2.37.